The van der Waals surface area contributed by atoms with Gasteiger partial charge in [0.25, 0.3) is 0 Å². The van der Waals surface area contributed by atoms with Crippen molar-refractivity contribution in [2.24, 2.45) is 0 Å². The van der Waals surface area contributed by atoms with Gasteiger partial charge in [0.05, 0.1) is 0 Å². The van der Waals surface area contributed by atoms with Crippen LogP contribution in [0.5, 0.6) is 0 Å². The molecule has 1 nitrogen and oxygen atoms in total. The van der Waals surface area contributed by atoms with Crippen LogP contribution >= 0.6 is 11.3 Å². The van der Waals surface area contributed by atoms with Crippen LogP contribution in [0.25, 0.3) is 0 Å². The van der Waals surface area contributed by atoms with E-state index in [0.717, 1.165) is 0 Å². The van der Waals surface area contributed by atoms with E-state index in [0.29, 0.717) is 12.1 Å². The third-order valence-corrected chi connectivity index (χ3v) is 2.33. The first-order chi connectivity index (χ1) is 5.20. The van der Waals surface area contributed by atoms with Gasteiger partial charge in [0, 0.05) is 12.1 Å². The van der Waals surface area contributed by atoms with Crippen molar-refractivity contribution in [3.63, 3.8) is 0 Å². The molecule has 62 valence electrons. The molecule has 1 aromatic heterocycles. The lowest BCUT2D eigenvalue weighted by atomic mass is 10.1. The lowest BCUT2D eigenvalue weighted by Crippen LogP contribution is -2.25. The highest BCUT2D eigenvalue weighted by Gasteiger charge is 2.05. The SMILES string of the molecule is CC(C)N[C@@H](C)c1ccsc1. The van der Waals surface area contributed by atoms with Crippen molar-refractivity contribution in [2.45, 2.75) is 32.9 Å². The molecule has 0 fully saturated rings. The summed E-state index contributed by atoms with van der Waals surface area (Å²) in [4.78, 5) is 0. The maximum absolute atomic E-state index is 3.45. The minimum Gasteiger partial charge on any atom is -0.308 e. The van der Waals surface area contributed by atoms with Crippen LogP contribution in [0, 0.1) is 0 Å². The molecule has 1 rings (SSSR count). The van der Waals surface area contributed by atoms with Gasteiger partial charge in [-0.2, -0.15) is 11.3 Å². The molecule has 1 N–H and O–H groups in total. The number of thiophene rings is 1. The van der Waals surface area contributed by atoms with Crippen molar-refractivity contribution in [2.75, 3.05) is 0 Å². The fraction of sp³-hybridized carbons (Fsp3) is 0.556. The lowest BCUT2D eigenvalue weighted by molar-refractivity contribution is 0.507. The summed E-state index contributed by atoms with van der Waals surface area (Å²) in [6, 6.07) is 3.22. The first-order valence-corrected chi connectivity index (χ1v) is 4.92. The minimum atomic E-state index is 0.487. The van der Waals surface area contributed by atoms with E-state index in [9.17, 15) is 0 Å². The molecule has 0 aromatic carbocycles. The number of rotatable bonds is 3. The molecule has 0 amide bonds. The van der Waals surface area contributed by atoms with Crippen LogP contribution in [0.15, 0.2) is 16.8 Å². The van der Waals surface area contributed by atoms with Crippen molar-refractivity contribution in [3.8, 4) is 0 Å². The highest BCUT2D eigenvalue weighted by Crippen LogP contribution is 2.15. The predicted molar refractivity (Wildman–Crippen MR) is 51.0 cm³/mol. The maximum atomic E-state index is 3.45. The van der Waals surface area contributed by atoms with Crippen LogP contribution in [0.3, 0.4) is 0 Å². The van der Waals surface area contributed by atoms with E-state index in [1.807, 2.05) is 0 Å². The number of hydrogen-bond donors (Lipinski definition) is 1. The Labute approximate surface area is 72.4 Å². The smallest absolute Gasteiger partial charge is 0.0302 e. The zero-order valence-corrected chi connectivity index (χ0v) is 8.11. The Hall–Kier alpha value is -0.340. The Balaban J connectivity index is 2.49. The Morgan fingerprint density at radius 1 is 1.36 bits per heavy atom. The van der Waals surface area contributed by atoms with Gasteiger partial charge >= 0.3 is 0 Å². The molecule has 1 atom stereocenters. The van der Waals surface area contributed by atoms with Crippen LogP contribution in [0.4, 0.5) is 0 Å². The van der Waals surface area contributed by atoms with E-state index in [4.69, 9.17) is 0 Å². The molecular weight excluding hydrogens is 154 g/mol. The van der Waals surface area contributed by atoms with Gasteiger partial charge in [0.2, 0.25) is 0 Å². The topological polar surface area (TPSA) is 12.0 Å². The van der Waals surface area contributed by atoms with E-state index in [1.165, 1.54) is 5.56 Å². The molecule has 1 aromatic rings. The van der Waals surface area contributed by atoms with Crippen LogP contribution < -0.4 is 5.32 Å². The van der Waals surface area contributed by atoms with Gasteiger partial charge in [0.1, 0.15) is 0 Å². The fourth-order valence-corrected chi connectivity index (χ4v) is 1.87. The van der Waals surface area contributed by atoms with Gasteiger partial charge in [-0.05, 0) is 29.3 Å². The fourth-order valence-electron chi connectivity index (χ4n) is 1.12. The Morgan fingerprint density at radius 3 is 2.55 bits per heavy atom. The summed E-state index contributed by atoms with van der Waals surface area (Å²) < 4.78 is 0. The molecule has 0 aliphatic rings. The Morgan fingerprint density at radius 2 is 2.09 bits per heavy atom. The number of hydrogen-bond acceptors (Lipinski definition) is 2. The molecule has 0 aliphatic heterocycles. The zero-order chi connectivity index (χ0) is 8.27. The second-order valence-corrected chi connectivity index (χ2v) is 3.88. The lowest BCUT2D eigenvalue weighted by Gasteiger charge is -2.15. The molecule has 2 heteroatoms. The summed E-state index contributed by atoms with van der Waals surface area (Å²) in [7, 11) is 0. The summed E-state index contributed by atoms with van der Waals surface area (Å²) in [6.45, 7) is 6.54. The summed E-state index contributed by atoms with van der Waals surface area (Å²) in [6.07, 6.45) is 0. The molecule has 0 spiro atoms. The van der Waals surface area contributed by atoms with E-state index >= 15 is 0 Å². The molecule has 0 saturated carbocycles. The van der Waals surface area contributed by atoms with E-state index in [-0.39, 0.29) is 0 Å². The Bertz CT molecular complexity index is 191. The highest BCUT2D eigenvalue weighted by atomic mass is 32.1. The minimum absolute atomic E-state index is 0.487. The van der Waals surface area contributed by atoms with Gasteiger partial charge in [-0.3, -0.25) is 0 Å². The van der Waals surface area contributed by atoms with Crippen LogP contribution in [0.1, 0.15) is 32.4 Å². The average Bonchev–Trinajstić information content (AvgIpc) is 2.35. The molecule has 0 bridgehead atoms. The van der Waals surface area contributed by atoms with Crippen molar-refractivity contribution in [3.05, 3.63) is 22.4 Å². The maximum Gasteiger partial charge on any atom is 0.0302 e. The monoisotopic (exact) mass is 169 g/mol. The molecule has 11 heavy (non-hydrogen) atoms. The predicted octanol–water partition coefficient (Wildman–Crippen LogP) is 2.81. The van der Waals surface area contributed by atoms with Crippen molar-refractivity contribution in [1.29, 1.82) is 0 Å². The van der Waals surface area contributed by atoms with Crippen molar-refractivity contribution < 1.29 is 0 Å². The summed E-state index contributed by atoms with van der Waals surface area (Å²) in [5.41, 5.74) is 1.39. The van der Waals surface area contributed by atoms with Gasteiger partial charge in [-0.25, -0.2) is 0 Å². The zero-order valence-electron chi connectivity index (χ0n) is 7.29. The molecule has 0 saturated heterocycles. The van der Waals surface area contributed by atoms with Gasteiger partial charge in [-0.1, -0.05) is 13.8 Å². The van der Waals surface area contributed by atoms with Crippen LogP contribution in [0.2, 0.25) is 0 Å². The van der Waals surface area contributed by atoms with Gasteiger partial charge in [-0.15, -0.1) is 0 Å². The standard InChI is InChI=1S/C9H15NS/c1-7(2)10-8(3)9-4-5-11-6-9/h4-8,10H,1-3H3/t8-/m0/s1. The summed E-state index contributed by atoms with van der Waals surface area (Å²) in [5.74, 6) is 0. The number of nitrogens with one attached hydrogen (secondary N) is 1. The van der Waals surface area contributed by atoms with Gasteiger partial charge < -0.3 is 5.32 Å². The molecule has 0 unspecified atom stereocenters. The Kier molecular flexibility index (Phi) is 3.09. The van der Waals surface area contributed by atoms with E-state index < -0.39 is 0 Å². The molecular formula is C9H15NS. The third-order valence-electron chi connectivity index (χ3n) is 1.63. The molecule has 0 aliphatic carbocycles. The van der Waals surface area contributed by atoms with Gasteiger partial charge in [0.15, 0.2) is 0 Å². The highest BCUT2D eigenvalue weighted by molar-refractivity contribution is 7.07. The summed E-state index contributed by atoms with van der Waals surface area (Å²) in [5, 5.41) is 7.77. The first kappa shape index (κ1) is 8.75. The first-order valence-electron chi connectivity index (χ1n) is 3.98. The van der Waals surface area contributed by atoms with Crippen LogP contribution in [-0.2, 0) is 0 Å². The second-order valence-electron chi connectivity index (χ2n) is 3.10. The molecule has 0 radical (unpaired) electrons. The second kappa shape index (κ2) is 3.88. The normalized spacial score (nSPS) is 13.8. The van der Waals surface area contributed by atoms with Crippen LogP contribution in [-0.4, -0.2) is 6.04 Å². The summed E-state index contributed by atoms with van der Waals surface area (Å²) >= 11 is 1.76. The average molecular weight is 169 g/mol. The third kappa shape index (κ3) is 2.64. The van der Waals surface area contributed by atoms with Crippen molar-refractivity contribution in [1.82, 2.24) is 5.32 Å². The molecule has 1 heterocycles. The van der Waals surface area contributed by atoms with Crippen molar-refractivity contribution >= 4 is 11.3 Å². The quantitative estimate of drug-likeness (QED) is 0.733. The largest absolute Gasteiger partial charge is 0.308 e. The van der Waals surface area contributed by atoms with E-state index in [1.54, 1.807) is 11.3 Å². The van der Waals surface area contributed by atoms with E-state index in [2.05, 4.69) is 42.9 Å².